The van der Waals surface area contributed by atoms with Crippen molar-refractivity contribution in [2.45, 2.75) is 51.8 Å². The molecule has 1 fully saturated rings. The van der Waals surface area contributed by atoms with E-state index in [1.165, 1.54) is 29.8 Å². The van der Waals surface area contributed by atoms with Gasteiger partial charge in [0.05, 0.1) is 5.75 Å². The van der Waals surface area contributed by atoms with Crippen LogP contribution in [0.4, 0.5) is 0 Å². The molecule has 5 heteroatoms. The Morgan fingerprint density at radius 2 is 1.92 bits per heavy atom. The molecule has 0 atom stereocenters. The summed E-state index contributed by atoms with van der Waals surface area (Å²) in [5.41, 5.74) is 5.72. The van der Waals surface area contributed by atoms with Crippen molar-refractivity contribution in [1.82, 2.24) is 9.29 Å². The van der Waals surface area contributed by atoms with Gasteiger partial charge in [0.15, 0.2) is 0 Å². The Kier molecular flexibility index (Phi) is 4.83. The van der Waals surface area contributed by atoms with Crippen LogP contribution in [-0.2, 0) is 22.2 Å². The second-order valence-corrected chi connectivity index (χ2v) is 8.70. The van der Waals surface area contributed by atoms with Gasteiger partial charge in [0, 0.05) is 24.0 Å². The molecule has 1 heterocycles. The third-order valence-corrected chi connectivity index (χ3v) is 6.01. The van der Waals surface area contributed by atoms with Crippen molar-refractivity contribution in [3.8, 4) is 0 Å². The lowest BCUT2D eigenvalue weighted by Crippen LogP contribution is -2.27. The second kappa shape index (κ2) is 6.73. The van der Waals surface area contributed by atoms with Crippen molar-refractivity contribution < 1.29 is 8.42 Å². The van der Waals surface area contributed by atoms with Crippen molar-refractivity contribution >= 4 is 10.0 Å². The molecule has 0 saturated heterocycles. The number of hydrogen-bond acceptors (Lipinski definition) is 2. The van der Waals surface area contributed by atoms with Crippen molar-refractivity contribution in [3.63, 3.8) is 0 Å². The molecule has 0 aliphatic heterocycles. The minimum Gasteiger partial charge on any atom is -0.346 e. The lowest BCUT2D eigenvalue weighted by Gasteiger charge is -2.09. The molecule has 2 aromatic rings. The van der Waals surface area contributed by atoms with Crippen molar-refractivity contribution in [2.75, 3.05) is 6.54 Å². The predicted molar refractivity (Wildman–Crippen MR) is 97.7 cm³/mol. The van der Waals surface area contributed by atoms with Gasteiger partial charge in [0.1, 0.15) is 0 Å². The van der Waals surface area contributed by atoms with Crippen LogP contribution in [0.15, 0.2) is 30.3 Å². The van der Waals surface area contributed by atoms with E-state index >= 15 is 0 Å². The van der Waals surface area contributed by atoms with Crippen LogP contribution in [0.1, 0.15) is 47.0 Å². The summed E-state index contributed by atoms with van der Waals surface area (Å²) < 4.78 is 29.7. The molecule has 0 bridgehead atoms. The number of sulfonamides is 1. The van der Waals surface area contributed by atoms with Crippen LogP contribution >= 0.6 is 0 Å². The van der Waals surface area contributed by atoms with E-state index in [0.717, 1.165) is 17.5 Å². The van der Waals surface area contributed by atoms with Crippen LogP contribution in [0.5, 0.6) is 0 Å². The number of nitrogens with one attached hydrogen (secondary N) is 1. The third kappa shape index (κ3) is 4.08. The molecule has 24 heavy (non-hydrogen) atoms. The van der Waals surface area contributed by atoms with Crippen molar-refractivity contribution in [2.24, 2.45) is 0 Å². The van der Waals surface area contributed by atoms with Gasteiger partial charge in [-0.3, -0.25) is 0 Å². The van der Waals surface area contributed by atoms with Crippen molar-refractivity contribution in [1.29, 1.82) is 0 Å². The molecule has 1 aromatic heterocycles. The van der Waals surface area contributed by atoms with Gasteiger partial charge >= 0.3 is 0 Å². The molecule has 3 rings (SSSR count). The second-order valence-electron chi connectivity index (χ2n) is 6.89. The average molecular weight is 346 g/mol. The van der Waals surface area contributed by atoms with Crippen LogP contribution < -0.4 is 4.72 Å². The topological polar surface area (TPSA) is 51.1 Å². The van der Waals surface area contributed by atoms with Gasteiger partial charge in [-0.1, -0.05) is 29.8 Å². The zero-order chi connectivity index (χ0) is 17.3. The first-order valence-corrected chi connectivity index (χ1v) is 10.2. The molecule has 0 spiro atoms. The minimum absolute atomic E-state index is 0.0375. The van der Waals surface area contributed by atoms with E-state index in [0.29, 0.717) is 12.6 Å². The molecule has 0 radical (unpaired) electrons. The van der Waals surface area contributed by atoms with E-state index in [9.17, 15) is 8.42 Å². The van der Waals surface area contributed by atoms with Gasteiger partial charge in [-0.05, 0) is 57.2 Å². The Morgan fingerprint density at radius 1 is 1.17 bits per heavy atom. The van der Waals surface area contributed by atoms with Gasteiger partial charge < -0.3 is 4.57 Å². The SMILES string of the molecule is Cc1cccc(CS(=O)(=O)NCCc2cc(C)n(C3CC3)c2C)c1. The first kappa shape index (κ1) is 17.2. The summed E-state index contributed by atoms with van der Waals surface area (Å²) in [6.07, 6.45) is 3.26. The van der Waals surface area contributed by atoms with Crippen LogP contribution in [0, 0.1) is 20.8 Å². The monoisotopic (exact) mass is 346 g/mol. The molecule has 130 valence electrons. The maximum absolute atomic E-state index is 12.3. The molecular formula is C19H26N2O2S. The lowest BCUT2D eigenvalue weighted by molar-refractivity contribution is 0.580. The minimum atomic E-state index is -3.30. The number of benzene rings is 1. The highest BCUT2D eigenvalue weighted by atomic mass is 32.2. The summed E-state index contributed by atoms with van der Waals surface area (Å²) in [5.74, 6) is 0.0375. The predicted octanol–water partition coefficient (Wildman–Crippen LogP) is 3.41. The molecule has 1 aliphatic rings. The fourth-order valence-corrected chi connectivity index (χ4v) is 4.54. The van der Waals surface area contributed by atoms with Crippen LogP contribution in [0.2, 0.25) is 0 Å². The summed E-state index contributed by atoms with van der Waals surface area (Å²) in [7, 11) is -3.30. The number of aryl methyl sites for hydroxylation is 2. The molecule has 0 amide bonds. The van der Waals surface area contributed by atoms with Gasteiger partial charge in [-0.25, -0.2) is 13.1 Å². The summed E-state index contributed by atoms with van der Waals surface area (Å²) in [6, 6.07) is 10.5. The maximum atomic E-state index is 12.3. The lowest BCUT2D eigenvalue weighted by atomic mass is 10.2. The molecular weight excluding hydrogens is 320 g/mol. The Labute approximate surface area is 144 Å². The number of aromatic nitrogens is 1. The molecule has 1 aromatic carbocycles. The average Bonchev–Trinajstić information content (AvgIpc) is 3.26. The van der Waals surface area contributed by atoms with Gasteiger partial charge in [0.2, 0.25) is 10.0 Å². The molecule has 4 nitrogen and oxygen atoms in total. The van der Waals surface area contributed by atoms with E-state index < -0.39 is 10.0 Å². The van der Waals surface area contributed by atoms with E-state index in [2.05, 4.69) is 29.2 Å². The highest BCUT2D eigenvalue weighted by Gasteiger charge is 2.26. The number of nitrogens with zero attached hydrogens (tertiary/aromatic N) is 1. The van der Waals surface area contributed by atoms with E-state index in [4.69, 9.17) is 0 Å². The Morgan fingerprint density at radius 3 is 2.58 bits per heavy atom. The van der Waals surface area contributed by atoms with Gasteiger partial charge in [0.25, 0.3) is 0 Å². The van der Waals surface area contributed by atoms with Crippen LogP contribution in [0.3, 0.4) is 0 Å². The highest BCUT2D eigenvalue weighted by molar-refractivity contribution is 7.88. The fraction of sp³-hybridized carbons (Fsp3) is 0.474. The van der Waals surface area contributed by atoms with E-state index in [1.807, 2.05) is 31.2 Å². The standard InChI is InChI=1S/C19H26N2O2S/c1-14-5-4-6-17(11-14)13-24(22,23)20-10-9-18-12-15(2)21(16(18)3)19-7-8-19/h4-6,11-12,19-20H,7-10,13H2,1-3H3. The Hall–Kier alpha value is -1.59. The molecule has 1 saturated carbocycles. The zero-order valence-electron chi connectivity index (χ0n) is 14.7. The summed E-state index contributed by atoms with van der Waals surface area (Å²) in [4.78, 5) is 0. The van der Waals surface area contributed by atoms with Crippen molar-refractivity contribution in [3.05, 3.63) is 58.4 Å². The Bertz CT molecular complexity index is 833. The molecule has 1 aliphatic carbocycles. The largest absolute Gasteiger partial charge is 0.346 e. The highest BCUT2D eigenvalue weighted by Crippen LogP contribution is 2.38. The fourth-order valence-electron chi connectivity index (χ4n) is 3.41. The first-order valence-electron chi connectivity index (χ1n) is 8.56. The number of hydrogen-bond donors (Lipinski definition) is 1. The Balaban J connectivity index is 1.58. The normalized spacial score (nSPS) is 15.0. The smallest absolute Gasteiger partial charge is 0.215 e. The van der Waals surface area contributed by atoms with E-state index in [-0.39, 0.29) is 5.75 Å². The van der Waals surface area contributed by atoms with E-state index in [1.54, 1.807) is 0 Å². The maximum Gasteiger partial charge on any atom is 0.215 e. The molecule has 0 unspecified atom stereocenters. The quantitative estimate of drug-likeness (QED) is 0.835. The summed E-state index contributed by atoms with van der Waals surface area (Å²) in [5, 5.41) is 0. The third-order valence-electron chi connectivity index (χ3n) is 4.66. The van der Waals surface area contributed by atoms with Crippen LogP contribution in [0.25, 0.3) is 0 Å². The molecule has 1 N–H and O–H groups in total. The number of rotatable bonds is 7. The first-order chi connectivity index (χ1) is 11.4. The zero-order valence-corrected chi connectivity index (χ0v) is 15.5. The summed E-state index contributed by atoms with van der Waals surface area (Å²) in [6.45, 7) is 6.70. The van der Waals surface area contributed by atoms with Gasteiger partial charge in [-0.15, -0.1) is 0 Å². The summed E-state index contributed by atoms with van der Waals surface area (Å²) >= 11 is 0. The van der Waals surface area contributed by atoms with Gasteiger partial charge in [-0.2, -0.15) is 0 Å². The van der Waals surface area contributed by atoms with Crippen LogP contribution in [-0.4, -0.2) is 19.5 Å².